The molecule has 3 N–H and O–H groups in total. The number of carbonyl (C=O) groups is 1. The van der Waals surface area contributed by atoms with Gasteiger partial charge in [-0.1, -0.05) is 31.9 Å². The molecule has 0 aliphatic rings. The number of anilines is 2. The smallest absolute Gasteiger partial charge is 0.242 e. The van der Waals surface area contributed by atoms with Crippen LogP contribution in [0.3, 0.4) is 0 Å². The second-order valence-corrected chi connectivity index (χ2v) is 7.23. The number of nitrogen functional groups attached to an aromatic ring is 1. The molecule has 1 aromatic rings. The average molecular weight is 298 g/mol. The van der Waals surface area contributed by atoms with Crippen LogP contribution in [0.2, 0.25) is 0 Å². The summed E-state index contributed by atoms with van der Waals surface area (Å²) < 4.78 is 24.1. The molecule has 5 nitrogen and oxygen atoms in total. The van der Waals surface area contributed by atoms with Crippen molar-refractivity contribution in [3.05, 3.63) is 24.3 Å². The lowest BCUT2D eigenvalue weighted by Crippen LogP contribution is -2.34. The third-order valence-electron chi connectivity index (χ3n) is 3.16. The highest BCUT2D eigenvalue weighted by molar-refractivity contribution is 7.92. The van der Waals surface area contributed by atoms with Crippen LogP contribution in [0.15, 0.2) is 24.3 Å². The lowest BCUT2D eigenvalue weighted by Gasteiger charge is -2.14. The van der Waals surface area contributed by atoms with E-state index in [1.165, 1.54) is 6.92 Å². The number of amides is 1. The number of hydrogen-bond donors (Lipinski definition) is 2. The van der Waals surface area contributed by atoms with E-state index in [9.17, 15) is 13.2 Å². The second-order valence-electron chi connectivity index (χ2n) is 4.79. The van der Waals surface area contributed by atoms with Gasteiger partial charge in [0.25, 0.3) is 0 Å². The van der Waals surface area contributed by atoms with E-state index in [-0.39, 0.29) is 5.75 Å². The number of para-hydroxylation sites is 2. The molecule has 20 heavy (non-hydrogen) atoms. The molecule has 0 saturated carbocycles. The molecule has 0 bridgehead atoms. The summed E-state index contributed by atoms with van der Waals surface area (Å²) in [6.45, 7) is 3.41. The van der Waals surface area contributed by atoms with Gasteiger partial charge in [0.1, 0.15) is 5.25 Å². The molecular formula is C14H22N2O3S. The highest BCUT2D eigenvalue weighted by atomic mass is 32.2. The van der Waals surface area contributed by atoms with Crippen molar-refractivity contribution in [2.45, 2.75) is 38.4 Å². The Balaban J connectivity index is 2.69. The molecule has 0 radical (unpaired) electrons. The fraction of sp³-hybridized carbons (Fsp3) is 0.500. The third kappa shape index (κ3) is 4.52. The van der Waals surface area contributed by atoms with Crippen LogP contribution in [0.1, 0.15) is 33.1 Å². The summed E-state index contributed by atoms with van der Waals surface area (Å²) in [5.41, 5.74) is 6.56. The van der Waals surface area contributed by atoms with E-state index in [2.05, 4.69) is 5.32 Å². The van der Waals surface area contributed by atoms with Crippen molar-refractivity contribution < 1.29 is 13.2 Å². The predicted molar refractivity (Wildman–Crippen MR) is 82.3 cm³/mol. The first-order valence-corrected chi connectivity index (χ1v) is 8.47. The molecule has 0 heterocycles. The van der Waals surface area contributed by atoms with E-state index in [1.54, 1.807) is 24.3 Å². The summed E-state index contributed by atoms with van der Waals surface area (Å²) in [7, 11) is -3.42. The van der Waals surface area contributed by atoms with Crippen LogP contribution < -0.4 is 11.1 Å². The van der Waals surface area contributed by atoms with E-state index >= 15 is 0 Å². The molecule has 1 rings (SSSR count). The van der Waals surface area contributed by atoms with E-state index in [0.717, 1.165) is 12.8 Å². The minimum Gasteiger partial charge on any atom is -0.397 e. The standard InChI is InChI=1S/C14H22N2O3S/c1-3-4-7-10-20(18,19)11(2)14(17)16-13-9-6-5-8-12(13)15/h5-6,8-9,11H,3-4,7,10,15H2,1-2H3,(H,16,17). The summed E-state index contributed by atoms with van der Waals surface area (Å²) in [5.74, 6) is -0.501. The SMILES string of the molecule is CCCCCS(=O)(=O)C(C)C(=O)Nc1ccccc1N. The fourth-order valence-electron chi connectivity index (χ4n) is 1.74. The molecule has 0 aromatic heterocycles. The van der Waals surface area contributed by atoms with Gasteiger partial charge >= 0.3 is 0 Å². The highest BCUT2D eigenvalue weighted by Gasteiger charge is 2.27. The number of unbranched alkanes of at least 4 members (excludes halogenated alkanes) is 2. The van der Waals surface area contributed by atoms with Gasteiger partial charge < -0.3 is 11.1 Å². The van der Waals surface area contributed by atoms with Crippen molar-refractivity contribution in [1.29, 1.82) is 0 Å². The van der Waals surface area contributed by atoms with E-state index in [4.69, 9.17) is 5.73 Å². The lowest BCUT2D eigenvalue weighted by atomic mass is 10.2. The molecule has 0 aliphatic heterocycles. The quantitative estimate of drug-likeness (QED) is 0.596. The van der Waals surface area contributed by atoms with Gasteiger partial charge in [-0.15, -0.1) is 0 Å². The van der Waals surface area contributed by atoms with Crippen molar-refractivity contribution in [3.8, 4) is 0 Å². The molecule has 0 fully saturated rings. The van der Waals surface area contributed by atoms with Gasteiger partial charge in [0.05, 0.1) is 17.1 Å². The Morgan fingerprint density at radius 3 is 2.55 bits per heavy atom. The van der Waals surface area contributed by atoms with E-state index in [1.807, 2.05) is 6.92 Å². The zero-order chi connectivity index (χ0) is 15.2. The maximum Gasteiger partial charge on any atom is 0.242 e. The summed E-state index contributed by atoms with van der Waals surface area (Å²) in [6.07, 6.45) is 2.37. The van der Waals surface area contributed by atoms with Crippen LogP contribution in [0.25, 0.3) is 0 Å². The van der Waals surface area contributed by atoms with Crippen molar-refractivity contribution in [1.82, 2.24) is 0 Å². The van der Waals surface area contributed by atoms with Crippen LogP contribution in [0.4, 0.5) is 11.4 Å². The Morgan fingerprint density at radius 2 is 1.95 bits per heavy atom. The molecule has 0 saturated heterocycles. The first-order valence-electron chi connectivity index (χ1n) is 6.75. The summed E-state index contributed by atoms with van der Waals surface area (Å²) in [6, 6.07) is 6.77. The van der Waals surface area contributed by atoms with Crippen LogP contribution in [-0.4, -0.2) is 25.3 Å². The zero-order valence-corrected chi connectivity index (χ0v) is 12.7. The predicted octanol–water partition coefficient (Wildman–Crippen LogP) is 2.20. The van der Waals surface area contributed by atoms with Gasteiger partial charge in [-0.25, -0.2) is 8.42 Å². The number of sulfone groups is 1. The van der Waals surface area contributed by atoms with Crippen LogP contribution >= 0.6 is 0 Å². The number of nitrogens with two attached hydrogens (primary N) is 1. The van der Waals surface area contributed by atoms with Crippen molar-refractivity contribution in [2.75, 3.05) is 16.8 Å². The molecule has 1 amide bonds. The number of carbonyl (C=O) groups excluding carboxylic acids is 1. The minimum atomic E-state index is -3.42. The maximum atomic E-state index is 12.0. The monoisotopic (exact) mass is 298 g/mol. The molecule has 1 atom stereocenters. The Kier molecular flexibility index (Phi) is 6.01. The molecule has 0 aliphatic carbocycles. The fourth-order valence-corrected chi connectivity index (χ4v) is 3.08. The van der Waals surface area contributed by atoms with Gasteiger partial charge in [0.15, 0.2) is 9.84 Å². The minimum absolute atomic E-state index is 0.0414. The number of rotatable bonds is 7. The van der Waals surface area contributed by atoms with Crippen LogP contribution in [-0.2, 0) is 14.6 Å². The van der Waals surface area contributed by atoms with Crippen molar-refractivity contribution in [3.63, 3.8) is 0 Å². The van der Waals surface area contributed by atoms with Gasteiger partial charge in [-0.2, -0.15) is 0 Å². The third-order valence-corrected chi connectivity index (χ3v) is 5.31. The highest BCUT2D eigenvalue weighted by Crippen LogP contribution is 2.18. The Morgan fingerprint density at radius 1 is 1.30 bits per heavy atom. The number of hydrogen-bond acceptors (Lipinski definition) is 4. The van der Waals surface area contributed by atoms with E-state index in [0.29, 0.717) is 17.8 Å². The molecule has 1 aromatic carbocycles. The average Bonchev–Trinajstić information content (AvgIpc) is 2.40. The van der Waals surface area contributed by atoms with Crippen LogP contribution in [0.5, 0.6) is 0 Å². The van der Waals surface area contributed by atoms with Crippen molar-refractivity contribution in [2.24, 2.45) is 0 Å². The van der Waals surface area contributed by atoms with Gasteiger partial charge in [0, 0.05) is 0 Å². The summed E-state index contributed by atoms with van der Waals surface area (Å²) in [5, 5.41) is 1.49. The molecule has 1 unspecified atom stereocenters. The first kappa shape index (κ1) is 16.5. The first-order chi connectivity index (χ1) is 9.38. The molecular weight excluding hydrogens is 276 g/mol. The normalized spacial score (nSPS) is 12.9. The van der Waals surface area contributed by atoms with E-state index < -0.39 is 21.0 Å². The second kappa shape index (κ2) is 7.28. The Hall–Kier alpha value is -1.56. The summed E-state index contributed by atoms with van der Waals surface area (Å²) in [4.78, 5) is 12.0. The van der Waals surface area contributed by atoms with Gasteiger partial charge in [0.2, 0.25) is 5.91 Å². The molecule has 0 spiro atoms. The zero-order valence-electron chi connectivity index (χ0n) is 11.9. The molecule has 6 heteroatoms. The van der Waals surface area contributed by atoms with Gasteiger partial charge in [-0.3, -0.25) is 4.79 Å². The number of nitrogens with one attached hydrogen (secondary N) is 1. The lowest BCUT2D eigenvalue weighted by molar-refractivity contribution is -0.115. The number of benzene rings is 1. The van der Waals surface area contributed by atoms with Gasteiger partial charge in [-0.05, 0) is 25.5 Å². The van der Waals surface area contributed by atoms with Crippen LogP contribution in [0, 0.1) is 0 Å². The largest absolute Gasteiger partial charge is 0.397 e. The van der Waals surface area contributed by atoms with Crippen molar-refractivity contribution >= 4 is 27.1 Å². The Labute approximate surface area is 120 Å². The topological polar surface area (TPSA) is 89.3 Å². The Bertz CT molecular complexity index is 555. The molecule has 112 valence electrons. The summed E-state index contributed by atoms with van der Waals surface area (Å²) >= 11 is 0. The maximum absolute atomic E-state index is 12.0.